The molecule has 0 fully saturated rings. The van der Waals surface area contributed by atoms with Gasteiger partial charge >= 0.3 is 5.97 Å². The number of aromatic nitrogens is 1. The van der Waals surface area contributed by atoms with Gasteiger partial charge in [0.15, 0.2) is 0 Å². The third-order valence-corrected chi connectivity index (χ3v) is 2.82. The molecule has 1 aromatic heterocycles. The van der Waals surface area contributed by atoms with E-state index in [4.69, 9.17) is 16.7 Å². The van der Waals surface area contributed by atoms with E-state index < -0.39 is 10.9 Å². The van der Waals surface area contributed by atoms with Gasteiger partial charge < -0.3 is 9.67 Å². The standard InChI is InChI=1S/C12H9ClN2O4/c13-10-1-2-11(15(18)19)9(5-10)7-14-4-3-8(6-14)12(16)17/h1-6H,7H2,(H,16,17). The van der Waals surface area contributed by atoms with Crippen molar-refractivity contribution >= 4 is 23.3 Å². The Kier molecular flexibility index (Phi) is 3.52. The van der Waals surface area contributed by atoms with Gasteiger partial charge in [-0.05, 0) is 18.2 Å². The van der Waals surface area contributed by atoms with Crippen molar-refractivity contribution in [3.05, 3.63) is 62.9 Å². The molecule has 0 radical (unpaired) electrons. The topological polar surface area (TPSA) is 85.4 Å². The molecular weight excluding hydrogens is 272 g/mol. The summed E-state index contributed by atoms with van der Waals surface area (Å²) >= 11 is 5.82. The molecule has 0 amide bonds. The van der Waals surface area contributed by atoms with Crippen LogP contribution in [0, 0.1) is 10.1 Å². The van der Waals surface area contributed by atoms with Crippen molar-refractivity contribution in [2.75, 3.05) is 0 Å². The highest BCUT2D eigenvalue weighted by atomic mass is 35.5. The van der Waals surface area contributed by atoms with Gasteiger partial charge in [0, 0.05) is 23.5 Å². The molecular formula is C12H9ClN2O4. The molecule has 0 aliphatic heterocycles. The Balaban J connectivity index is 2.33. The monoisotopic (exact) mass is 280 g/mol. The lowest BCUT2D eigenvalue weighted by Crippen LogP contribution is -2.02. The number of nitro groups is 1. The zero-order valence-electron chi connectivity index (χ0n) is 9.62. The number of halogens is 1. The lowest BCUT2D eigenvalue weighted by Gasteiger charge is -2.05. The van der Waals surface area contributed by atoms with Crippen molar-refractivity contribution < 1.29 is 14.8 Å². The Labute approximate surface area is 113 Å². The van der Waals surface area contributed by atoms with E-state index >= 15 is 0 Å². The fourth-order valence-electron chi connectivity index (χ4n) is 1.72. The largest absolute Gasteiger partial charge is 0.478 e. The van der Waals surface area contributed by atoms with Crippen LogP contribution in [0.4, 0.5) is 5.69 Å². The van der Waals surface area contributed by atoms with Gasteiger partial charge in [-0.3, -0.25) is 10.1 Å². The number of carboxylic acids is 1. The van der Waals surface area contributed by atoms with Crippen molar-refractivity contribution in [1.29, 1.82) is 0 Å². The highest BCUT2D eigenvalue weighted by molar-refractivity contribution is 6.30. The van der Waals surface area contributed by atoms with Crippen molar-refractivity contribution in [2.45, 2.75) is 6.54 Å². The Morgan fingerprint density at radius 2 is 2.16 bits per heavy atom. The number of benzene rings is 1. The highest BCUT2D eigenvalue weighted by Gasteiger charge is 2.14. The van der Waals surface area contributed by atoms with Gasteiger partial charge in [-0.2, -0.15) is 0 Å². The summed E-state index contributed by atoms with van der Waals surface area (Å²) in [5.41, 5.74) is 0.504. The SMILES string of the molecule is O=C(O)c1ccn(Cc2cc(Cl)ccc2[N+](=O)[O-])c1. The van der Waals surface area contributed by atoms with Gasteiger partial charge in [-0.1, -0.05) is 11.6 Å². The second kappa shape index (κ2) is 5.11. The fraction of sp³-hybridized carbons (Fsp3) is 0.0833. The van der Waals surface area contributed by atoms with Crippen LogP contribution in [-0.2, 0) is 6.54 Å². The van der Waals surface area contributed by atoms with E-state index in [2.05, 4.69) is 0 Å². The number of hydrogen-bond acceptors (Lipinski definition) is 3. The number of hydrogen-bond donors (Lipinski definition) is 1. The van der Waals surface area contributed by atoms with E-state index in [1.165, 1.54) is 30.5 Å². The summed E-state index contributed by atoms with van der Waals surface area (Å²) in [6.45, 7) is 0.185. The van der Waals surface area contributed by atoms with Crippen LogP contribution < -0.4 is 0 Å². The molecule has 1 N–H and O–H groups in total. The van der Waals surface area contributed by atoms with Crippen LogP contribution in [0.5, 0.6) is 0 Å². The van der Waals surface area contributed by atoms with Crippen LogP contribution in [0.25, 0.3) is 0 Å². The van der Waals surface area contributed by atoms with Crippen LogP contribution in [0.15, 0.2) is 36.7 Å². The molecule has 0 saturated carbocycles. The lowest BCUT2D eigenvalue weighted by atomic mass is 10.2. The molecule has 6 nitrogen and oxygen atoms in total. The smallest absolute Gasteiger partial charge is 0.337 e. The van der Waals surface area contributed by atoms with E-state index in [9.17, 15) is 14.9 Å². The van der Waals surface area contributed by atoms with Gasteiger partial charge in [0.1, 0.15) is 0 Å². The molecule has 19 heavy (non-hydrogen) atoms. The van der Waals surface area contributed by atoms with E-state index in [1.54, 1.807) is 10.8 Å². The maximum atomic E-state index is 10.9. The minimum absolute atomic E-state index is 0.0463. The first kappa shape index (κ1) is 13.1. The first-order chi connectivity index (χ1) is 8.97. The molecule has 0 atom stereocenters. The molecule has 1 aromatic carbocycles. The molecule has 2 aromatic rings. The van der Waals surface area contributed by atoms with Crippen LogP contribution in [-0.4, -0.2) is 20.6 Å². The van der Waals surface area contributed by atoms with Crippen LogP contribution in [0.2, 0.25) is 5.02 Å². The lowest BCUT2D eigenvalue weighted by molar-refractivity contribution is -0.385. The summed E-state index contributed by atoms with van der Waals surface area (Å²) < 4.78 is 1.56. The Bertz CT molecular complexity index is 651. The summed E-state index contributed by atoms with van der Waals surface area (Å²) in [7, 11) is 0. The summed E-state index contributed by atoms with van der Waals surface area (Å²) in [4.78, 5) is 21.2. The Morgan fingerprint density at radius 1 is 1.42 bits per heavy atom. The minimum atomic E-state index is -1.04. The van der Waals surface area contributed by atoms with Crippen molar-refractivity contribution in [2.24, 2.45) is 0 Å². The third kappa shape index (κ3) is 2.92. The average Bonchev–Trinajstić information content (AvgIpc) is 2.77. The molecule has 1 heterocycles. The predicted octanol–water partition coefficient (Wildman–Crippen LogP) is 2.80. The van der Waals surface area contributed by atoms with E-state index in [0.717, 1.165) is 0 Å². The number of carboxylic acid groups (broad SMARTS) is 1. The molecule has 0 aliphatic rings. The molecule has 0 aliphatic carbocycles. The molecule has 0 unspecified atom stereocenters. The van der Waals surface area contributed by atoms with Crippen molar-refractivity contribution in [3.8, 4) is 0 Å². The molecule has 0 spiro atoms. The van der Waals surface area contributed by atoms with E-state index in [0.29, 0.717) is 10.6 Å². The predicted molar refractivity (Wildman–Crippen MR) is 68.6 cm³/mol. The quantitative estimate of drug-likeness (QED) is 0.689. The third-order valence-electron chi connectivity index (χ3n) is 2.59. The second-order valence-corrected chi connectivity index (χ2v) is 4.34. The Morgan fingerprint density at radius 3 is 2.74 bits per heavy atom. The van der Waals surface area contributed by atoms with Crippen LogP contribution in [0.3, 0.4) is 0 Å². The number of nitro benzene ring substituents is 1. The zero-order chi connectivity index (χ0) is 14.0. The van der Waals surface area contributed by atoms with Crippen molar-refractivity contribution in [1.82, 2.24) is 4.57 Å². The van der Waals surface area contributed by atoms with Gasteiger partial charge in [-0.15, -0.1) is 0 Å². The fourth-order valence-corrected chi connectivity index (χ4v) is 1.92. The first-order valence-electron chi connectivity index (χ1n) is 5.29. The zero-order valence-corrected chi connectivity index (χ0v) is 10.4. The van der Waals surface area contributed by atoms with Gasteiger partial charge in [-0.25, -0.2) is 4.79 Å². The highest BCUT2D eigenvalue weighted by Crippen LogP contribution is 2.23. The normalized spacial score (nSPS) is 10.4. The minimum Gasteiger partial charge on any atom is -0.478 e. The number of aromatic carboxylic acids is 1. The van der Waals surface area contributed by atoms with Gasteiger partial charge in [0.05, 0.1) is 22.6 Å². The molecule has 0 bridgehead atoms. The molecule has 98 valence electrons. The summed E-state index contributed by atoms with van der Waals surface area (Å²) in [6.07, 6.45) is 2.96. The van der Waals surface area contributed by atoms with E-state index in [1.807, 2.05) is 0 Å². The Hall–Kier alpha value is -2.34. The van der Waals surface area contributed by atoms with Crippen LogP contribution >= 0.6 is 11.6 Å². The molecule has 7 heteroatoms. The van der Waals surface area contributed by atoms with E-state index in [-0.39, 0.29) is 17.8 Å². The molecule has 2 rings (SSSR count). The number of nitrogens with zero attached hydrogens (tertiary/aromatic N) is 2. The maximum Gasteiger partial charge on any atom is 0.337 e. The first-order valence-corrected chi connectivity index (χ1v) is 5.67. The number of rotatable bonds is 4. The summed E-state index contributed by atoms with van der Waals surface area (Å²) in [5, 5.41) is 20.1. The average molecular weight is 281 g/mol. The van der Waals surface area contributed by atoms with Gasteiger partial charge in [0.25, 0.3) is 5.69 Å². The van der Waals surface area contributed by atoms with Crippen LogP contribution in [0.1, 0.15) is 15.9 Å². The van der Waals surface area contributed by atoms with Crippen molar-refractivity contribution in [3.63, 3.8) is 0 Å². The summed E-state index contributed by atoms with van der Waals surface area (Å²) in [5.74, 6) is -1.04. The summed E-state index contributed by atoms with van der Waals surface area (Å²) in [6, 6.07) is 5.71. The van der Waals surface area contributed by atoms with Gasteiger partial charge in [0.2, 0.25) is 0 Å². The maximum absolute atomic E-state index is 10.9. The second-order valence-electron chi connectivity index (χ2n) is 3.91. The molecule has 0 saturated heterocycles. The number of carbonyl (C=O) groups is 1.